The number of rotatable bonds is 4. The zero-order valence-corrected chi connectivity index (χ0v) is 7.95. The molecule has 4 heteroatoms. The highest BCUT2D eigenvalue weighted by molar-refractivity contribution is 5.76. The Morgan fingerprint density at radius 1 is 1.64 bits per heavy atom. The first-order valence-electron chi connectivity index (χ1n) is 4.87. The van der Waals surface area contributed by atoms with Crippen LogP contribution in [0.25, 0.3) is 0 Å². The summed E-state index contributed by atoms with van der Waals surface area (Å²) in [6, 6.07) is 4.06. The molecule has 0 aromatic carbocycles. The Kier molecular flexibility index (Phi) is 2.84. The van der Waals surface area contributed by atoms with Crippen LogP contribution in [0, 0.1) is 0 Å². The first-order chi connectivity index (χ1) is 6.84. The van der Waals surface area contributed by atoms with Crippen molar-refractivity contribution < 1.29 is 9.21 Å². The van der Waals surface area contributed by atoms with Crippen LogP contribution >= 0.6 is 0 Å². The summed E-state index contributed by atoms with van der Waals surface area (Å²) in [7, 11) is 0. The molecule has 1 aliphatic rings. The van der Waals surface area contributed by atoms with Gasteiger partial charge < -0.3 is 15.1 Å². The van der Waals surface area contributed by atoms with Crippen LogP contribution in [0.1, 0.15) is 12.2 Å². The van der Waals surface area contributed by atoms with Crippen LogP contribution in [0.15, 0.2) is 22.8 Å². The van der Waals surface area contributed by atoms with Crippen LogP contribution in [0.5, 0.6) is 0 Å². The van der Waals surface area contributed by atoms with Gasteiger partial charge in [0.25, 0.3) is 0 Å². The van der Waals surface area contributed by atoms with Crippen LogP contribution in [-0.2, 0) is 11.2 Å². The van der Waals surface area contributed by atoms with Crippen molar-refractivity contribution in [2.75, 3.05) is 13.1 Å². The van der Waals surface area contributed by atoms with E-state index >= 15 is 0 Å². The number of carbonyl (C=O) groups excluding carboxylic acids is 1. The molecule has 1 saturated heterocycles. The van der Waals surface area contributed by atoms with Crippen molar-refractivity contribution >= 4 is 5.91 Å². The van der Waals surface area contributed by atoms with Crippen LogP contribution < -0.4 is 10.6 Å². The molecule has 1 aromatic heterocycles. The highest BCUT2D eigenvalue weighted by atomic mass is 16.3. The molecule has 0 radical (unpaired) electrons. The number of amides is 1. The Bertz CT molecular complexity index is 291. The van der Waals surface area contributed by atoms with E-state index in [1.165, 1.54) is 0 Å². The van der Waals surface area contributed by atoms with Gasteiger partial charge >= 0.3 is 0 Å². The predicted molar refractivity (Wildman–Crippen MR) is 51.8 cm³/mol. The summed E-state index contributed by atoms with van der Waals surface area (Å²) in [6.07, 6.45) is 2.81. The Morgan fingerprint density at radius 3 is 3.07 bits per heavy atom. The Morgan fingerprint density at radius 2 is 2.50 bits per heavy atom. The highest BCUT2D eigenvalue weighted by Crippen LogP contribution is 2.03. The second-order valence-corrected chi connectivity index (χ2v) is 3.50. The molecule has 1 aromatic rings. The average Bonchev–Trinajstić information content (AvgIpc) is 2.60. The number of nitrogens with one attached hydrogen (secondary N) is 2. The smallest absolute Gasteiger partial charge is 0.220 e. The molecule has 0 unspecified atom stereocenters. The third-order valence-corrected chi connectivity index (χ3v) is 2.33. The number of carbonyl (C=O) groups is 1. The van der Waals surface area contributed by atoms with Crippen LogP contribution in [-0.4, -0.2) is 25.0 Å². The van der Waals surface area contributed by atoms with Gasteiger partial charge in [-0.05, 0) is 12.1 Å². The maximum Gasteiger partial charge on any atom is 0.220 e. The van der Waals surface area contributed by atoms with Crippen molar-refractivity contribution in [2.45, 2.75) is 18.9 Å². The van der Waals surface area contributed by atoms with Crippen LogP contribution in [0.2, 0.25) is 0 Å². The fraction of sp³-hybridized carbons (Fsp3) is 0.500. The first kappa shape index (κ1) is 9.27. The van der Waals surface area contributed by atoms with Gasteiger partial charge in [-0.3, -0.25) is 4.79 Å². The monoisotopic (exact) mass is 194 g/mol. The fourth-order valence-electron chi connectivity index (χ4n) is 1.38. The molecule has 2 rings (SSSR count). The van der Waals surface area contributed by atoms with E-state index in [4.69, 9.17) is 4.42 Å². The number of hydrogen-bond donors (Lipinski definition) is 2. The molecule has 0 atom stereocenters. The molecular formula is C10H14N2O2. The van der Waals surface area contributed by atoms with Crippen molar-refractivity contribution in [3.05, 3.63) is 24.2 Å². The number of aryl methyl sites for hydroxylation is 1. The Labute approximate surface area is 82.7 Å². The molecule has 2 N–H and O–H groups in total. The topological polar surface area (TPSA) is 54.3 Å². The molecule has 14 heavy (non-hydrogen) atoms. The van der Waals surface area contributed by atoms with Gasteiger partial charge in [-0.25, -0.2) is 0 Å². The zero-order valence-electron chi connectivity index (χ0n) is 7.95. The van der Waals surface area contributed by atoms with Gasteiger partial charge in [0.2, 0.25) is 5.91 Å². The maximum atomic E-state index is 11.4. The predicted octanol–water partition coefficient (Wildman–Crippen LogP) is 0.300. The average molecular weight is 194 g/mol. The van der Waals surface area contributed by atoms with Crippen molar-refractivity contribution in [1.82, 2.24) is 10.6 Å². The summed E-state index contributed by atoms with van der Waals surface area (Å²) >= 11 is 0. The lowest BCUT2D eigenvalue weighted by Crippen LogP contribution is -2.56. The normalized spacial score (nSPS) is 16.3. The maximum absolute atomic E-state index is 11.4. The molecular weight excluding hydrogens is 180 g/mol. The molecule has 0 saturated carbocycles. The SMILES string of the molecule is O=C(CCc1ccco1)NC1CNC1. The molecule has 76 valence electrons. The van der Waals surface area contributed by atoms with Crippen LogP contribution in [0.3, 0.4) is 0 Å². The fourth-order valence-corrected chi connectivity index (χ4v) is 1.38. The van der Waals surface area contributed by atoms with Gasteiger partial charge in [0.05, 0.1) is 12.3 Å². The second kappa shape index (κ2) is 4.28. The molecule has 1 amide bonds. The Hall–Kier alpha value is -1.29. The molecule has 0 aliphatic carbocycles. The molecule has 0 bridgehead atoms. The minimum Gasteiger partial charge on any atom is -0.469 e. The third kappa shape index (κ3) is 2.35. The van der Waals surface area contributed by atoms with Crippen molar-refractivity contribution in [3.63, 3.8) is 0 Å². The van der Waals surface area contributed by atoms with E-state index < -0.39 is 0 Å². The van der Waals surface area contributed by atoms with Crippen molar-refractivity contribution in [3.8, 4) is 0 Å². The van der Waals surface area contributed by atoms with E-state index in [9.17, 15) is 4.79 Å². The van der Waals surface area contributed by atoms with Gasteiger partial charge in [-0.2, -0.15) is 0 Å². The van der Waals surface area contributed by atoms with Gasteiger partial charge in [-0.1, -0.05) is 0 Å². The summed E-state index contributed by atoms with van der Waals surface area (Å²) in [5.41, 5.74) is 0. The number of furan rings is 1. The zero-order chi connectivity index (χ0) is 9.80. The quantitative estimate of drug-likeness (QED) is 0.725. The van der Waals surface area contributed by atoms with E-state index in [1.807, 2.05) is 12.1 Å². The minimum absolute atomic E-state index is 0.105. The van der Waals surface area contributed by atoms with E-state index in [0.717, 1.165) is 18.8 Å². The van der Waals surface area contributed by atoms with E-state index in [0.29, 0.717) is 18.9 Å². The van der Waals surface area contributed by atoms with Gasteiger partial charge in [-0.15, -0.1) is 0 Å². The summed E-state index contributed by atoms with van der Waals surface area (Å²) in [5, 5.41) is 6.04. The van der Waals surface area contributed by atoms with Gasteiger partial charge in [0, 0.05) is 25.9 Å². The second-order valence-electron chi connectivity index (χ2n) is 3.50. The lowest BCUT2D eigenvalue weighted by atomic mass is 10.1. The third-order valence-electron chi connectivity index (χ3n) is 2.33. The first-order valence-corrected chi connectivity index (χ1v) is 4.87. The molecule has 0 spiro atoms. The standard InChI is InChI=1S/C10H14N2O2/c13-10(12-8-6-11-7-8)4-3-9-2-1-5-14-9/h1-2,5,8,11H,3-4,6-7H2,(H,12,13). The largest absolute Gasteiger partial charge is 0.469 e. The van der Waals surface area contributed by atoms with E-state index in [-0.39, 0.29) is 5.91 Å². The molecule has 4 nitrogen and oxygen atoms in total. The summed E-state index contributed by atoms with van der Waals surface area (Å²) in [4.78, 5) is 11.4. The summed E-state index contributed by atoms with van der Waals surface area (Å²) in [5.74, 6) is 0.972. The van der Waals surface area contributed by atoms with E-state index in [2.05, 4.69) is 10.6 Å². The van der Waals surface area contributed by atoms with Crippen molar-refractivity contribution in [2.24, 2.45) is 0 Å². The minimum atomic E-state index is 0.105. The lowest BCUT2D eigenvalue weighted by Gasteiger charge is -2.27. The summed E-state index contributed by atoms with van der Waals surface area (Å²) < 4.78 is 5.14. The lowest BCUT2D eigenvalue weighted by molar-refractivity contribution is -0.122. The Balaban J connectivity index is 1.67. The summed E-state index contributed by atoms with van der Waals surface area (Å²) in [6.45, 7) is 1.79. The van der Waals surface area contributed by atoms with Gasteiger partial charge in [0.15, 0.2) is 0 Å². The van der Waals surface area contributed by atoms with Gasteiger partial charge in [0.1, 0.15) is 5.76 Å². The van der Waals surface area contributed by atoms with Crippen molar-refractivity contribution in [1.29, 1.82) is 0 Å². The molecule has 1 aliphatic heterocycles. The van der Waals surface area contributed by atoms with Crippen LogP contribution in [0.4, 0.5) is 0 Å². The number of hydrogen-bond acceptors (Lipinski definition) is 3. The molecule has 2 heterocycles. The highest BCUT2D eigenvalue weighted by Gasteiger charge is 2.18. The molecule has 1 fully saturated rings. The van der Waals surface area contributed by atoms with E-state index in [1.54, 1.807) is 6.26 Å².